The number of ether oxygens (including phenoxy) is 1. The van der Waals surface area contributed by atoms with Crippen LogP contribution in [-0.4, -0.2) is 48.9 Å². The van der Waals surface area contributed by atoms with Crippen LogP contribution in [0.5, 0.6) is 0 Å². The Labute approximate surface area is 112 Å². The molecule has 2 heterocycles. The highest BCUT2D eigenvalue weighted by Gasteiger charge is 2.37. The third-order valence-corrected chi connectivity index (χ3v) is 5.02. The first-order valence-corrected chi connectivity index (χ1v) is 7.55. The number of H-pyrrole nitrogens is 1. The van der Waals surface area contributed by atoms with Crippen LogP contribution in [0.3, 0.4) is 0 Å². The maximum absolute atomic E-state index is 12.3. The van der Waals surface area contributed by atoms with Crippen LogP contribution in [-0.2, 0) is 26.0 Å². The van der Waals surface area contributed by atoms with Gasteiger partial charge in [-0.05, 0) is 6.42 Å². The summed E-state index contributed by atoms with van der Waals surface area (Å²) >= 11 is 0. The van der Waals surface area contributed by atoms with E-state index in [0.717, 1.165) is 0 Å². The summed E-state index contributed by atoms with van der Waals surface area (Å²) in [6.45, 7) is 2.37. The van der Waals surface area contributed by atoms with E-state index in [0.29, 0.717) is 25.2 Å². The molecule has 0 aliphatic carbocycles. The van der Waals surface area contributed by atoms with Gasteiger partial charge < -0.3 is 9.72 Å². The fourth-order valence-corrected chi connectivity index (χ4v) is 3.53. The van der Waals surface area contributed by atoms with Gasteiger partial charge in [0.05, 0.1) is 19.2 Å². The second kappa shape index (κ2) is 5.30. The quantitative estimate of drug-likeness (QED) is 0.796. The third-order valence-electron chi connectivity index (χ3n) is 3.24. The number of imidazole rings is 1. The molecule has 7 nitrogen and oxygen atoms in total. The van der Waals surface area contributed by atoms with Gasteiger partial charge in [-0.25, -0.2) is 13.4 Å². The Morgan fingerprint density at radius 1 is 1.63 bits per heavy atom. The van der Waals surface area contributed by atoms with Crippen molar-refractivity contribution in [3.05, 3.63) is 12.0 Å². The van der Waals surface area contributed by atoms with Crippen molar-refractivity contribution in [1.82, 2.24) is 14.3 Å². The predicted molar refractivity (Wildman–Crippen MR) is 66.8 cm³/mol. The van der Waals surface area contributed by atoms with E-state index in [1.807, 2.05) is 6.92 Å². The van der Waals surface area contributed by atoms with Crippen LogP contribution in [0, 0.1) is 5.92 Å². The Bertz CT molecular complexity index is 566. The van der Waals surface area contributed by atoms with Crippen LogP contribution in [0.4, 0.5) is 0 Å². The minimum Gasteiger partial charge on any atom is -0.469 e. The van der Waals surface area contributed by atoms with Gasteiger partial charge >= 0.3 is 5.97 Å². The lowest BCUT2D eigenvalue weighted by Crippen LogP contribution is -2.30. The van der Waals surface area contributed by atoms with Gasteiger partial charge in [-0.15, -0.1) is 0 Å². The Morgan fingerprint density at radius 2 is 2.37 bits per heavy atom. The summed E-state index contributed by atoms with van der Waals surface area (Å²) in [6.07, 6.45) is 2.45. The van der Waals surface area contributed by atoms with Crippen molar-refractivity contribution in [2.45, 2.75) is 24.8 Å². The third kappa shape index (κ3) is 2.64. The molecule has 0 spiro atoms. The van der Waals surface area contributed by atoms with E-state index < -0.39 is 10.0 Å². The van der Waals surface area contributed by atoms with E-state index >= 15 is 0 Å². The number of rotatable bonds is 4. The molecule has 1 aliphatic rings. The maximum Gasteiger partial charge on any atom is 0.310 e. The SMILES string of the molecule is CCc1ncc(S(=O)(=O)N2CCC(C(=O)OC)C2)[nH]1. The van der Waals surface area contributed by atoms with Crippen molar-refractivity contribution < 1.29 is 17.9 Å². The molecule has 0 saturated carbocycles. The van der Waals surface area contributed by atoms with Gasteiger partial charge in [-0.2, -0.15) is 4.31 Å². The molecule has 1 aromatic heterocycles. The minimum atomic E-state index is -3.60. The second-order valence-electron chi connectivity index (χ2n) is 4.42. The molecule has 1 saturated heterocycles. The lowest BCUT2D eigenvalue weighted by atomic mass is 10.1. The highest BCUT2D eigenvalue weighted by Crippen LogP contribution is 2.24. The molecule has 1 aromatic rings. The van der Waals surface area contributed by atoms with Crippen molar-refractivity contribution in [2.75, 3.05) is 20.2 Å². The topological polar surface area (TPSA) is 92.4 Å². The molecule has 1 fully saturated rings. The van der Waals surface area contributed by atoms with Crippen LogP contribution in [0.15, 0.2) is 11.2 Å². The fourth-order valence-electron chi connectivity index (χ4n) is 2.10. The molecular weight excluding hydrogens is 270 g/mol. The molecule has 2 rings (SSSR count). The van der Waals surface area contributed by atoms with E-state index in [1.165, 1.54) is 17.6 Å². The summed E-state index contributed by atoms with van der Waals surface area (Å²) in [6, 6.07) is 0. The molecular formula is C11H17N3O4S. The molecule has 0 bridgehead atoms. The molecule has 0 radical (unpaired) electrons. The Morgan fingerprint density at radius 3 is 2.95 bits per heavy atom. The lowest BCUT2D eigenvalue weighted by molar-refractivity contribution is -0.144. The number of methoxy groups -OCH3 is 1. The van der Waals surface area contributed by atoms with Gasteiger partial charge in [-0.3, -0.25) is 4.79 Å². The van der Waals surface area contributed by atoms with Crippen LogP contribution in [0.1, 0.15) is 19.2 Å². The standard InChI is InChI=1S/C11H17N3O4S/c1-3-9-12-6-10(13-9)19(16,17)14-5-4-8(7-14)11(15)18-2/h6,8H,3-5,7H2,1-2H3,(H,12,13). The number of nitrogens with zero attached hydrogens (tertiary/aromatic N) is 2. The number of aromatic nitrogens is 2. The Balaban J connectivity index is 2.15. The van der Waals surface area contributed by atoms with Gasteiger partial charge in [0.2, 0.25) is 0 Å². The highest BCUT2D eigenvalue weighted by molar-refractivity contribution is 7.89. The van der Waals surface area contributed by atoms with E-state index in [4.69, 9.17) is 0 Å². The predicted octanol–water partition coefficient (Wildman–Crippen LogP) is 0.156. The number of carbonyl (C=O) groups excluding carboxylic acids is 1. The molecule has 19 heavy (non-hydrogen) atoms. The molecule has 1 atom stereocenters. The zero-order valence-electron chi connectivity index (χ0n) is 10.9. The van der Waals surface area contributed by atoms with Crippen LogP contribution < -0.4 is 0 Å². The summed E-state index contributed by atoms with van der Waals surface area (Å²) in [4.78, 5) is 18.2. The number of hydrogen-bond donors (Lipinski definition) is 1. The number of nitrogens with one attached hydrogen (secondary N) is 1. The van der Waals surface area contributed by atoms with E-state index in [9.17, 15) is 13.2 Å². The number of carbonyl (C=O) groups is 1. The molecule has 8 heteroatoms. The number of sulfonamides is 1. The molecule has 1 unspecified atom stereocenters. The largest absolute Gasteiger partial charge is 0.469 e. The first-order valence-electron chi connectivity index (χ1n) is 6.11. The number of esters is 1. The van der Waals surface area contributed by atoms with Crippen molar-refractivity contribution in [1.29, 1.82) is 0 Å². The average Bonchev–Trinajstić information content (AvgIpc) is 3.06. The minimum absolute atomic E-state index is 0.0786. The normalized spacial score (nSPS) is 20.6. The van der Waals surface area contributed by atoms with E-state index in [1.54, 1.807) is 0 Å². The lowest BCUT2D eigenvalue weighted by Gasteiger charge is -2.14. The van der Waals surface area contributed by atoms with Gasteiger partial charge in [0, 0.05) is 19.5 Å². The molecule has 106 valence electrons. The zero-order valence-corrected chi connectivity index (χ0v) is 11.7. The van der Waals surface area contributed by atoms with Gasteiger partial charge in [0.1, 0.15) is 5.82 Å². The monoisotopic (exact) mass is 287 g/mol. The molecule has 0 amide bonds. The summed E-state index contributed by atoms with van der Waals surface area (Å²) in [7, 11) is -2.29. The van der Waals surface area contributed by atoms with Gasteiger partial charge in [0.15, 0.2) is 5.03 Å². The smallest absolute Gasteiger partial charge is 0.310 e. The average molecular weight is 287 g/mol. The van der Waals surface area contributed by atoms with E-state index in [2.05, 4.69) is 14.7 Å². The van der Waals surface area contributed by atoms with Crippen LogP contribution in [0.2, 0.25) is 0 Å². The fraction of sp³-hybridized carbons (Fsp3) is 0.636. The van der Waals surface area contributed by atoms with Crippen LogP contribution in [0.25, 0.3) is 0 Å². The van der Waals surface area contributed by atoms with Crippen molar-refractivity contribution in [3.63, 3.8) is 0 Å². The molecule has 1 aliphatic heterocycles. The summed E-state index contributed by atoms with van der Waals surface area (Å²) in [5.74, 6) is -0.118. The first-order chi connectivity index (χ1) is 8.98. The molecule has 1 N–H and O–H groups in total. The Kier molecular flexibility index (Phi) is 3.91. The first kappa shape index (κ1) is 14.0. The van der Waals surface area contributed by atoms with Crippen molar-refractivity contribution in [3.8, 4) is 0 Å². The summed E-state index contributed by atoms with van der Waals surface area (Å²) in [5, 5.41) is 0.0786. The summed E-state index contributed by atoms with van der Waals surface area (Å²) < 4.78 is 30.6. The summed E-state index contributed by atoms with van der Waals surface area (Å²) in [5.41, 5.74) is 0. The van der Waals surface area contributed by atoms with E-state index in [-0.39, 0.29) is 23.5 Å². The second-order valence-corrected chi connectivity index (χ2v) is 6.33. The number of aryl methyl sites for hydroxylation is 1. The van der Waals surface area contributed by atoms with Crippen molar-refractivity contribution >= 4 is 16.0 Å². The maximum atomic E-state index is 12.3. The zero-order chi connectivity index (χ0) is 14.0. The van der Waals surface area contributed by atoms with Crippen molar-refractivity contribution in [2.24, 2.45) is 5.92 Å². The van der Waals surface area contributed by atoms with Gasteiger partial charge in [-0.1, -0.05) is 6.92 Å². The number of aromatic amines is 1. The van der Waals surface area contributed by atoms with Gasteiger partial charge in [0.25, 0.3) is 10.0 Å². The Hall–Kier alpha value is -1.41. The number of hydrogen-bond acceptors (Lipinski definition) is 5. The van der Waals surface area contributed by atoms with Crippen LogP contribution >= 0.6 is 0 Å². The molecule has 0 aromatic carbocycles. The highest BCUT2D eigenvalue weighted by atomic mass is 32.2.